The Morgan fingerprint density at radius 1 is 0.905 bits per heavy atom. The number of hydroxylamine groups is 2. The number of ether oxygens (including phenoxy) is 2. The van der Waals surface area contributed by atoms with E-state index in [1.54, 1.807) is 41.5 Å². The maximum atomic E-state index is 11.8. The molecule has 0 atom stereocenters. The maximum Gasteiger partial charge on any atom is 0.444 e. The molecule has 0 aliphatic rings. The lowest BCUT2D eigenvalue weighted by atomic mass is 10.2. The summed E-state index contributed by atoms with van der Waals surface area (Å²) in [6, 6.07) is 0. The molecule has 0 spiro atoms. The molecule has 0 bridgehead atoms. The number of amides is 2. The number of nitrogens with zero attached hydrogens (tertiary/aromatic N) is 1. The summed E-state index contributed by atoms with van der Waals surface area (Å²) in [5, 5.41) is 8.69. The number of carbonyl (C=O) groups is 3. The molecular formula is C12H23NO8. The molecule has 0 fully saturated rings. The van der Waals surface area contributed by atoms with Crippen LogP contribution in [-0.2, 0) is 19.1 Å². The largest absolute Gasteiger partial charge is 0.479 e. The molecule has 21 heavy (non-hydrogen) atoms. The first-order valence-corrected chi connectivity index (χ1v) is 5.92. The Balaban J connectivity index is 0. The summed E-state index contributed by atoms with van der Waals surface area (Å²) >= 11 is 0. The minimum absolute atomic E-state index is 0. The molecule has 0 aliphatic heterocycles. The second-order valence-electron chi connectivity index (χ2n) is 5.92. The third kappa shape index (κ3) is 10.6. The van der Waals surface area contributed by atoms with Gasteiger partial charge in [0.05, 0.1) is 0 Å². The van der Waals surface area contributed by atoms with Gasteiger partial charge in [-0.1, -0.05) is 5.06 Å². The maximum absolute atomic E-state index is 11.8. The molecule has 9 nitrogen and oxygen atoms in total. The standard InChI is InChI=1S/C12H21NO7.H2O/c1-11(2,3)19-9(16)13(18-7-8(14)15)10(17)20-12(4,5)6;/h7H2,1-6H3,(H,14,15);1H2. The summed E-state index contributed by atoms with van der Waals surface area (Å²) < 4.78 is 9.87. The molecular weight excluding hydrogens is 286 g/mol. The van der Waals surface area contributed by atoms with E-state index in [1.807, 2.05) is 0 Å². The van der Waals surface area contributed by atoms with Crippen LogP contribution >= 0.6 is 0 Å². The van der Waals surface area contributed by atoms with E-state index in [2.05, 4.69) is 4.84 Å². The first-order chi connectivity index (χ1) is 8.82. The summed E-state index contributed by atoms with van der Waals surface area (Å²) in [6.45, 7) is 8.68. The number of imide groups is 1. The van der Waals surface area contributed by atoms with Crippen LogP contribution in [-0.4, -0.2) is 51.6 Å². The first-order valence-electron chi connectivity index (χ1n) is 5.92. The van der Waals surface area contributed by atoms with Crippen LogP contribution in [0.3, 0.4) is 0 Å². The van der Waals surface area contributed by atoms with Gasteiger partial charge in [0, 0.05) is 0 Å². The quantitative estimate of drug-likeness (QED) is 0.777. The molecule has 0 heterocycles. The van der Waals surface area contributed by atoms with Gasteiger partial charge in [-0.25, -0.2) is 19.2 Å². The summed E-state index contributed by atoms with van der Waals surface area (Å²) in [7, 11) is 0. The van der Waals surface area contributed by atoms with E-state index < -0.39 is 36.0 Å². The average molecular weight is 309 g/mol. The van der Waals surface area contributed by atoms with Crippen LogP contribution in [0.15, 0.2) is 0 Å². The van der Waals surface area contributed by atoms with Crippen molar-refractivity contribution >= 4 is 18.2 Å². The minimum atomic E-state index is -1.35. The van der Waals surface area contributed by atoms with Gasteiger partial charge >= 0.3 is 18.2 Å². The van der Waals surface area contributed by atoms with Crippen LogP contribution in [0.5, 0.6) is 0 Å². The van der Waals surface area contributed by atoms with Crippen molar-refractivity contribution in [3.63, 3.8) is 0 Å². The van der Waals surface area contributed by atoms with Gasteiger partial charge in [-0.05, 0) is 41.5 Å². The predicted molar refractivity (Wildman–Crippen MR) is 71.5 cm³/mol. The molecule has 0 radical (unpaired) electrons. The van der Waals surface area contributed by atoms with Crippen LogP contribution in [0.25, 0.3) is 0 Å². The first kappa shape index (κ1) is 21.4. The lowest BCUT2D eigenvalue weighted by Crippen LogP contribution is -2.44. The molecule has 2 amide bonds. The lowest BCUT2D eigenvalue weighted by Gasteiger charge is -2.27. The minimum Gasteiger partial charge on any atom is -0.479 e. The van der Waals surface area contributed by atoms with Gasteiger partial charge in [0.1, 0.15) is 11.2 Å². The van der Waals surface area contributed by atoms with E-state index >= 15 is 0 Å². The Kier molecular flexibility index (Phi) is 7.95. The van der Waals surface area contributed by atoms with Crippen LogP contribution in [0.4, 0.5) is 9.59 Å². The zero-order valence-electron chi connectivity index (χ0n) is 13.1. The summed E-state index contributed by atoms with van der Waals surface area (Å²) in [4.78, 5) is 38.6. The highest BCUT2D eigenvalue weighted by molar-refractivity contribution is 5.86. The van der Waals surface area contributed by atoms with Gasteiger partial charge in [0.15, 0.2) is 6.61 Å². The zero-order valence-corrected chi connectivity index (χ0v) is 13.1. The van der Waals surface area contributed by atoms with Crippen LogP contribution in [0, 0.1) is 0 Å². The molecule has 0 saturated carbocycles. The molecule has 9 heteroatoms. The van der Waals surface area contributed by atoms with E-state index in [0.29, 0.717) is 0 Å². The van der Waals surface area contributed by atoms with Gasteiger partial charge in [0.25, 0.3) is 0 Å². The van der Waals surface area contributed by atoms with Crippen molar-refractivity contribution in [2.75, 3.05) is 6.61 Å². The lowest BCUT2D eigenvalue weighted by molar-refractivity contribution is -0.166. The predicted octanol–water partition coefficient (Wildman–Crippen LogP) is 1.35. The molecule has 0 aromatic heterocycles. The van der Waals surface area contributed by atoms with Gasteiger partial charge in [-0.15, -0.1) is 0 Å². The Bertz CT molecular complexity index is 352. The number of hydrogen-bond acceptors (Lipinski definition) is 6. The van der Waals surface area contributed by atoms with Gasteiger partial charge < -0.3 is 20.1 Å². The topological polar surface area (TPSA) is 134 Å². The van der Waals surface area contributed by atoms with Crippen molar-refractivity contribution in [2.45, 2.75) is 52.7 Å². The number of carboxylic acid groups (broad SMARTS) is 1. The number of hydrogen-bond donors (Lipinski definition) is 1. The molecule has 0 aromatic rings. The van der Waals surface area contributed by atoms with E-state index in [0.717, 1.165) is 0 Å². The van der Waals surface area contributed by atoms with Crippen molar-refractivity contribution < 1.29 is 39.3 Å². The zero-order chi connectivity index (χ0) is 16.1. The molecule has 0 aromatic carbocycles. The fraction of sp³-hybridized carbons (Fsp3) is 0.750. The molecule has 0 rings (SSSR count). The normalized spacial score (nSPS) is 11.1. The molecule has 3 N–H and O–H groups in total. The number of carbonyl (C=O) groups excluding carboxylic acids is 2. The molecule has 0 saturated heterocycles. The van der Waals surface area contributed by atoms with E-state index in [-0.39, 0.29) is 10.5 Å². The van der Waals surface area contributed by atoms with Gasteiger partial charge in [-0.2, -0.15) is 0 Å². The van der Waals surface area contributed by atoms with Crippen LogP contribution in [0.1, 0.15) is 41.5 Å². The highest BCUT2D eigenvalue weighted by Gasteiger charge is 2.33. The fourth-order valence-electron chi connectivity index (χ4n) is 0.906. The molecule has 124 valence electrons. The number of carboxylic acids is 1. The van der Waals surface area contributed by atoms with Crippen molar-refractivity contribution in [1.82, 2.24) is 5.06 Å². The summed E-state index contributed by atoms with van der Waals surface area (Å²) in [5.74, 6) is -1.35. The Morgan fingerprint density at radius 2 is 1.24 bits per heavy atom. The Morgan fingerprint density at radius 3 is 1.48 bits per heavy atom. The van der Waals surface area contributed by atoms with Crippen LogP contribution < -0.4 is 0 Å². The SMILES string of the molecule is CC(C)(C)OC(=O)N(OCC(=O)O)C(=O)OC(C)(C)C.O. The summed E-state index contributed by atoms with van der Waals surface area (Å²) in [5.41, 5.74) is -1.74. The Labute approximate surface area is 123 Å². The second kappa shape index (κ2) is 7.79. The third-order valence-electron chi connectivity index (χ3n) is 1.44. The second-order valence-corrected chi connectivity index (χ2v) is 5.92. The highest BCUT2D eigenvalue weighted by atomic mass is 16.8. The fourth-order valence-corrected chi connectivity index (χ4v) is 0.906. The van der Waals surface area contributed by atoms with Gasteiger partial charge in [0.2, 0.25) is 0 Å². The van der Waals surface area contributed by atoms with E-state index in [1.165, 1.54) is 0 Å². The van der Waals surface area contributed by atoms with E-state index in [9.17, 15) is 14.4 Å². The van der Waals surface area contributed by atoms with E-state index in [4.69, 9.17) is 14.6 Å². The third-order valence-corrected chi connectivity index (χ3v) is 1.44. The van der Waals surface area contributed by atoms with Crippen molar-refractivity contribution in [2.24, 2.45) is 0 Å². The number of rotatable bonds is 3. The average Bonchev–Trinajstić information content (AvgIpc) is 2.10. The summed E-state index contributed by atoms with van der Waals surface area (Å²) in [6.07, 6.45) is -2.29. The van der Waals surface area contributed by atoms with Crippen LogP contribution in [0.2, 0.25) is 0 Å². The monoisotopic (exact) mass is 309 g/mol. The number of aliphatic carboxylic acids is 1. The smallest absolute Gasteiger partial charge is 0.444 e. The van der Waals surface area contributed by atoms with Crippen molar-refractivity contribution in [1.29, 1.82) is 0 Å². The van der Waals surface area contributed by atoms with Gasteiger partial charge in [-0.3, -0.25) is 0 Å². The molecule has 0 unspecified atom stereocenters. The highest BCUT2D eigenvalue weighted by Crippen LogP contribution is 2.14. The van der Waals surface area contributed by atoms with Crippen molar-refractivity contribution in [3.8, 4) is 0 Å². The Hall–Kier alpha value is -1.87. The van der Waals surface area contributed by atoms with Crippen molar-refractivity contribution in [3.05, 3.63) is 0 Å². The molecule has 0 aliphatic carbocycles.